The van der Waals surface area contributed by atoms with Gasteiger partial charge in [0.25, 0.3) is 0 Å². The minimum atomic E-state index is -0.537. The fourth-order valence-corrected chi connectivity index (χ4v) is 1.18. The van der Waals surface area contributed by atoms with Crippen molar-refractivity contribution in [3.05, 3.63) is 0 Å². The lowest BCUT2D eigenvalue weighted by Gasteiger charge is -2.13. The van der Waals surface area contributed by atoms with Gasteiger partial charge in [-0.05, 0) is 26.3 Å². The normalized spacial score (nSPS) is 10.8. The molecule has 1 atom stereocenters. The summed E-state index contributed by atoms with van der Waals surface area (Å²) in [5, 5.41) is 5.22. The molecular weight excluding hydrogens is 236 g/mol. The molecule has 0 heterocycles. The molecule has 0 saturated heterocycles. The molecule has 18 heavy (non-hydrogen) atoms. The van der Waals surface area contributed by atoms with E-state index in [1.165, 1.54) is 0 Å². The first kappa shape index (κ1) is 18.9. The zero-order valence-electron chi connectivity index (χ0n) is 10.9. The number of unbranched alkanes of at least 4 members (excludes halogenated alkanes) is 2. The van der Waals surface area contributed by atoms with Crippen LogP contribution in [0.5, 0.6) is 0 Å². The van der Waals surface area contributed by atoms with E-state index in [0.717, 1.165) is 19.3 Å². The van der Waals surface area contributed by atoms with Crippen LogP contribution in [0.3, 0.4) is 0 Å². The number of nitrogens with two attached hydrogens (primary N) is 2. The van der Waals surface area contributed by atoms with Crippen LogP contribution < -0.4 is 22.1 Å². The second kappa shape index (κ2) is 13.6. The molecule has 7 heteroatoms. The molecule has 2 amide bonds. The van der Waals surface area contributed by atoms with Gasteiger partial charge in [0.1, 0.15) is 12.8 Å². The van der Waals surface area contributed by atoms with Gasteiger partial charge in [0.05, 0.1) is 6.54 Å². The Kier molecular flexibility index (Phi) is 14.3. The van der Waals surface area contributed by atoms with Crippen LogP contribution in [0.2, 0.25) is 0 Å². The Balaban J connectivity index is 0. The van der Waals surface area contributed by atoms with Gasteiger partial charge in [-0.1, -0.05) is 6.42 Å². The Labute approximate surface area is 108 Å². The van der Waals surface area contributed by atoms with E-state index >= 15 is 0 Å². The summed E-state index contributed by atoms with van der Waals surface area (Å²) in [6.07, 6.45) is 2.87. The quantitative estimate of drug-likeness (QED) is 0.395. The Morgan fingerprint density at radius 2 is 1.78 bits per heavy atom. The minimum absolute atomic E-state index is 0.103. The average molecular weight is 260 g/mol. The molecule has 0 aliphatic heterocycles. The lowest BCUT2D eigenvalue weighted by Crippen LogP contribution is -2.46. The molecule has 0 aliphatic carbocycles. The van der Waals surface area contributed by atoms with Crippen molar-refractivity contribution in [3.8, 4) is 0 Å². The van der Waals surface area contributed by atoms with Crippen LogP contribution in [-0.2, 0) is 14.4 Å². The molecule has 106 valence electrons. The maximum atomic E-state index is 11.4. The highest BCUT2D eigenvalue weighted by molar-refractivity contribution is 5.87. The van der Waals surface area contributed by atoms with Crippen LogP contribution in [0, 0.1) is 0 Å². The van der Waals surface area contributed by atoms with Crippen molar-refractivity contribution < 1.29 is 14.4 Å². The highest BCUT2D eigenvalue weighted by atomic mass is 16.2. The molecule has 0 radical (unpaired) electrons. The molecule has 0 spiro atoms. The third kappa shape index (κ3) is 11.0. The Morgan fingerprint density at radius 1 is 1.17 bits per heavy atom. The lowest BCUT2D eigenvalue weighted by atomic mass is 10.2. The molecule has 7 nitrogen and oxygen atoms in total. The van der Waals surface area contributed by atoms with Gasteiger partial charge in [-0.15, -0.1) is 0 Å². The van der Waals surface area contributed by atoms with Gasteiger partial charge in [0.2, 0.25) is 11.8 Å². The molecule has 0 unspecified atom stereocenters. The summed E-state index contributed by atoms with van der Waals surface area (Å²) in [5.74, 6) is -0.514. The molecule has 0 rings (SSSR count). The summed E-state index contributed by atoms with van der Waals surface area (Å²) in [5.41, 5.74) is 10.5. The molecule has 0 aromatic rings. The standard InChI is InChI=1S/C10H22N4O2.CH2O/c1-8(14-9(15)7-12)10(16)13-6-4-2-3-5-11;1-2/h8H,2-7,11-12H2,1H3,(H,13,16)(H,14,15);1H2/t8-;/m0./s1. The highest BCUT2D eigenvalue weighted by Crippen LogP contribution is 1.91. The Hall–Kier alpha value is -1.47. The van der Waals surface area contributed by atoms with Crippen LogP contribution in [0.15, 0.2) is 0 Å². The highest BCUT2D eigenvalue weighted by Gasteiger charge is 2.13. The van der Waals surface area contributed by atoms with Gasteiger partial charge in [-0.2, -0.15) is 0 Å². The monoisotopic (exact) mass is 260 g/mol. The molecule has 0 saturated carbocycles. The maximum absolute atomic E-state index is 11.4. The van der Waals surface area contributed by atoms with Crippen molar-refractivity contribution in [3.63, 3.8) is 0 Å². The van der Waals surface area contributed by atoms with Crippen molar-refractivity contribution in [1.82, 2.24) is 10.6 Å². The van der Waals surface area contributed by atoms with Crippen LogP contribution in [0.4, 0.5) is 0 Å². The average Bonchev–Trinajstić information content (AvgIpc) is 2.40. The third-order valence-electron chi connectivity index (χ3n) is 2.14. The first-order valence-corrected chi connectivity index (χ1v) is 5.88. The molecular formula is C11H24N4O3. The molecule has 0 aromatic heterocycles. The van der Waals surface area contributed by atoms with E-state index in [4.69, 9.17) is 16.3 Å². The van der Waals surface area contributed by atoms with E-state index in [0.29, 0.717) is 13.1 Å². The zero-order valence-corrected chi connectivity index (χ0v) is 10.9. The van der Waals surface area contributed by atoms with Gasteiger partial charge in [-0.25, -0.2) is 0 Å². The van der Waals surface area contributed by atoms with Crippen molar-refractivity contribution in [2.45, 2.75) is 32.2 Å². The maximum Gasteiger partial charge on any atom is 0.242 e. The molecule has 0 aliphatic rings. The van der Waals surface area contributed by atoms with Gasteiger partial charge >= 0.3 is 0 Å². The summed E-state index contributed by atoms with van der Waals surface area (Å²) in [6.45, 7) is 4.81. The van der Waals surface area contributed by atoms with Crippen molar-refractivity contribution in [2.75, 3.05) is 19.6 Å². The van der Waals surface area contributed by atoms with Crippen molar-refractivity contribution in [2.24, 2.45) is 11.5 Å². The summed E-state index contributed by atoms with van der Waals surface area (Å²) >= 11 is 0. The predicted octanol–water partition coefficient (Wildman–Crippen LogP) is -1.49. The Bertz CT molecular complexity index is 236. The number of rotatable bonds is 8. The lowest BCUT2D eigenvalue weighted by molar-refractivity contribution is -0.127. The van der Waals surface area contributed by atoms with E-state index in [1.54, 1.807) is 6.92 Å². The summed E-state index contributed by atoms with van der Waals surface area (Å²) in [4.78, 5) is 30.3. The predicted molar refractivity (Wildman–Crippen MR) is 69.7 cm³/mol. The number of amides is 2. The molecule has 6 N–H and O–H groups in total. The summed E-state index contributed by atoms with van der Waals surface area (Å²) in [7, 11) is 0. The van der Waals surface area contributed by atoms with Gasteiger partial charge in [-0.3, -0.25) is 9.59 Å². The molecule has 0 aromatic carbocycles. The van der Waals surface area contributed by atoms with E-state index < -0.39 is 6.04 Å². The third-order valence-corrected chi connectivity index (χ3v) is 2.14. The number of carbonyl (C=O) groups excluding carboxylic acids is 3. The van der Waals surface area contributed by atoms with Crippen LogP contribution in [0.1, 0.15) is 26.2 Å². The summed E-state index contributed by atoms with van der Waals surface area (Å²) < 4.78 is 0. The number of carbonyl (C=O) groups is 3. The smallest absolute Gasteiger partial charge is 0.242 e. The molecule has 0 bridgehead atoms. The fraction of sp³-hybridized carbons (Fsp3) is 0.727. The van der Waals surface area contributed by atoms with E-state index in [1.807, 2.05) is 6.79 Å². The van der Waals surface area contributed by atoms with Crippen molar-refractivity contribution >= 4 is 18.6 Å². The Morgan fingerprint density at radius 3 is 2.28 bits per heavy atom. The number of nitrogens with one attached hydrogen (secondary N) is 2. The first-order valence-electron chi connectivity index (χ1n) is 5.88. The van der Waals surface area contributed by atoms with E-state index in [2.05, 4.69) is 10.6 Å². The largest absolute Gasteiger partial charge is 0.354 e. The van der Waals surface area contributed by atoms with Crippen LogP contribution >= 0.6 is 0 Å². The minimum Gasteiger partial charge on any atom is -0.354 e. The van der Waals surface area contributed by atoms with Gasteiger partial charge in [0.15, 0.2) is 0 Å². The number of hydrogen-bond acceptors (Lipinski definition) is 5. The van der Waals surface area contributed by atoms with Crippen LogP contribution in [-0.4, -0.2) is 44.3 Å². The van der Waals surface area contributed by atoms with Gasteiger partial charge in [0, 0.05) is 6.54 Å². The topological polar surface area (TPSA) is 127 Å². The van der Waals surface area contributed by atoms with E-state index in [-0.39, 0.29) is 18.4 Å². The summed E-state index contributed by atoms with van der Waals surface area (Å²) in [6, 6.07) is -0.537. The van der Waals surface area contributed by atoms with Crippen LogP contribution in [0.25, 0.3) is 0 Å². The second-order valence-electron chi connectivity index (χ2n) is 3.63. The second-order valence-corrected chi connectivity index (χ2v) is 3.63. The first-order chi connectivity index (χ1) is 8.61. The zero-order chi connectivity index (χ0) is 14.4. The SMILES string of the molecule is C=O.C[C@H](NC(=O)CN)C(=O)NCCCCCN. The van der Waals surface area contributed by atoms with Crippen molar-refractivity contribution in [1.29, 1.82) is 0 Å². The number of hydrogen-bond donors (Lipinski definition) is 4. The van der Waals surface area contributed by atoms with E-state index in [9.17, 15) is 9.59 Å². The van der Waals surface area contributed by atoms with Gasteiger partial charge < -0.3 is 26.9 Å². The molecule has 0 fully saturated rings. The fourth-order valence-electron chi connectivity index (χ4n) is 1.18.